The topological polar surface area (TPSA) is 65.1 Å². The minimum absolute atomic E-state index is 0.320. The van der Waals surface area contributed by atoms with E-state index in [9.17, 15) is 9.59 Å². The number of hydrogen-bond acceptors (Lipinski definition) is 5. The number of carbonyl (C=O) groups excluding carboxylic acids is 2. The van der Waals surface area contributed by atoms with Gasteiger partial charge in [0.25, 0.3) is 0 Å². The first-order chi connectivity index (χ1) is 9.30. The molecule has 0 N–H and O–H groups in total. The number of ether oxygens (including phenoxy) is 3. The van der Waals surface area contributed by atoms with Crippen LogP contribution in [0, 0.1) is 0 Å². The maximum Gasteiger partial charge on any atom is 0.411 e. The number of rotatable bonds is 4. The van der Waals surface area contributed by atoms with Crippen LogP contribution in [0.5, 0.6) is 0 Å². The minimum Gasteiger partial charge on any atom is -0.467 e. The standard InChI is InChI=1S/C14H23NO5/c1-6-9-19-10-7-8-15(11(10)12(16)18-5)13(17)20-14(2,3)4/h6,10-11H,1,7-9H2,2-5H3. The van der Waals surface area contributed by atoms with Crippen LogP contribution in [-0.4, -0.2) is 55.0 Å². The number of carbonyl (C=O) groups is 2. The van der Waals surface area contributed by atoms with Crippen molar-refractivity contribution in [2.75, 3.05) is 20.3 Å². The van der Waals surface area contributed by atoms with Gasteiger partial charge in [-0.3, -0.25) is 4.90 Å². The average Bonchev–Trinajstić information content (AvgIpc) is 2.77. The third-order valence-corrected chi connectivity index (χ3v) is 2.84. The van der Waals surface area contributed by atoms with Crippen LogP contribution in [0.4, 0.5) is 4.79 Å². The second-order valence-corrected chi connectivity index (χ2v) is 5.59. The van der Waals surface area contributed by atoms with Gasteiger partial charge in [0.05, 0.1) is 19.8 Å². The van der Waals surface area contributed by atoms with Crippen LogP contribution < -0.4 is 0 Å². The molecule has 1 saturated heterocycles. The number of nitrogens with zero attached hydrogens (tertiary/aromatic N) is 1. The predicted octanol–water partition coefficient (Wildman–Crippen LogP) is 1.74. The van der Waals surface area contributed by atoms with Gasteiger partial charge in [-0.25, -0.2) is 9.59 Å². The quantitative estimate of drug-likeness (QED) is 0.581. The van der Waals surface area contributed by atoms with Crippen LogP contribution in [0.2, 0.25) is 0 Å². The monoisotopic (exact) mass is 285 g/mol. The van der Waals surface area contributed by atoms with Crippen molar-refractivity contribution in [3.8, 4) is 0 Å². The van der Waals surface area contributed by atoms with E-state index in [1.54, 1.807) is 26.8 Å². The molecule has 1 heterocycles. The van der Waals surface area contributed by atoms with Gasteiger partial charge in [-0.2, -0.15) is 0 Å². The van der Waals surface area contributed by atoms with Crippen molar-refractivity contribution >= 4 is 12.1 Å². The molecule has 1 amide bonds. The molecule has 6 nitrogen and oxygen atoms in total. The van der Waals surface area contributed by atoms with E-state index in [2.05, 4.69) is 6.58 Å². The summed E-state index contributed by atoms with van der Waals surface area (Å²) in [6, 6.07) is -0.769. The molecule has 2 unspecified atom stereocenters. The van der Waals surface area contributed by atoms with Gasteiger partial charge in [0.15, 0.2) is 6.04 Å². The smallest absolute Gasteiger partial charge is 0.411 e. The first-order valence-electron chi connectivity index (χ1n) is 6.60. The molecule has 2 atom stereocenters. The Bertz CT molecular complexity index is 374. The van der Waals surface area contributed by atoms with Crippen molar-refractivity contribution in [1.29, 1.82) is 0 Å². The summed E-state index contributed by atoms with van der Waals surface area (Å²) in [5.74, 6) is -0.498. The zero-order valence-corrected chi connectivity index (χ0v) is 12.5. The van der Waals surface area contributed by atoms with E-state index in [1.807, 2.05) is 0 Å². The van der Waals surface area contributed by atoms with Crippen molar-refractivity contribution in [1.82, 2.24) is 4.90 Å². The summed E-state index contributed by atoms with van der Waals surface area (Å²) in [5, 5.41) is 0. The molecule has 0 spiro atoms. The van der Waals surface area contributed by atoms with E-state index in [1.165, 1.54) is 12.0 Å². The molecule has 0 aromatic carbocycles. The molecule has 114 valence electrons. The van der Waals surface area contributed by atoms with Crippen molar-refractivity contribution < 1.29 is 23.8 Å². The fraction of sp³-hybridized carbons (Fsp3) is 0.714. The van der Waals surface area contributed by atoms with E-state index in [-0.39, 0.29) is 0 Å². The lowest BCUT2D eigenvalue weighted by molar-refractivity contribution is -0.149. The van der Waals surface area contributed by atoms with Crippen molar-refractivity contribution in [3.05, 3.63) is 12.7 Å². The summed E-state index contributed by atoms with van der Waals surface area (Å²) in [6.07, 6.45) is 1.24. The van der Waals surface area contributed by atoms with Crippen LogP contribution in [0.15, 0.2) is 12.7 Å². The first-order valence-corrected chi connectivity index (χ1v) is 6.60. The molecular formula is C14H23NO5. The van der Waals surface area contributed by atoms with Gasteiger partial charge in [-0.15, -0.1) is 6.58 Å². The minimum atomic E-state index is -0.769. The Hall–Kier alpha value is -1.56. The van der Waals surface area contributed by atoms with Crippen LogP contribution in [0.1, 0.15) is 27.2 Å². The summed E-state index contributed by atoms with van der Waals surface area (Å²) in [5.41, 5.74) is -0.613. The number of esters is 1. The lowest BCUT2D eigenvalue weighted by Crippen LogP contribution is -2.48. The van der Waals surface area contributed by atoms with Crippen LogP contribution >= 0.6 is 0 Å². The van der Waals surface area contributed by atoms with Gasteiger partial charge in [-0.1, -0.05) is 6.08 Å². The van der Waals surface area contributed by atoms with E-state index < -0.39 is 29.8 Å². The summed E-state index contributed by atoms with van der Waals surface area (Å²) in [6.45, 7) is 9.62. The Morgan fingerprint density at radius 2 is 2.05 bits per heavy atom. The lowest BCUT2D eigenvalue weighted by Gasteiger charge is -2.28. The van der Waals surface area contributed by atoms with Crippen molar-refractivity contribution in [2.24, 2.45) is 0 Å². The third kappa shape index (κ3) is 4.23. The molecule has 0 aromatic rings. The summed E-state index contributed by atoms with van der Waals surface area (Å²) >= 11 is 0. The molecule has 0 aliphatic carbocycles. The van der Waals surface area contributed by atoms with E-state index in [0.29, 0.717) is 19.6 Å². The highest BCUT2D eigenvalue weighted by molar-refractivity contribution is 5.83. The maximum atomic E-state index is 12.1. The Labute approximate surface area is 119 Å². The molecular weight excluding hydrogens is 262 g/mol. The van der Waals surface area contributed by atoms with Crippen LogP contribution in [0.25, 0.3) is 0 Å². The zero-order chi connectivity index (χ0) is 15.3. The van der Waals surface area contributed by atoms with Crippen LogP contribution in [0.3, 0.4) is 0 Å². The third-order valence-electron chi connectivity index (χ3n) is 2.84. The van der Waals surface area contributed by atoms with Crippen molar-refractivity contribution in [3.63, 3.8) is 0 Å². The van der Waals surface area contributed by atoms with Gasteiger partial charge >= 0.3 is 12.1 Å². The van der Waals surface area contributed by atoms with Crippen LogP contribution in [-0.2, 0) is 19.0 Å². The molecule has 20 heavy (non-hydrogen) atoms. The number of amides is 1. The normalized spacial score (nSPS) is 22.5. The molecule has 1 aliphatic rings. The molecule has 1 rings (SSSR count). The van der Waals surface area contributed by atoms with Gasteiger partial charge in [0, 0.05) is 6.54 Å². The first kappa shape index (κ1) is 16.5. The Kier molecular flexibility index (Phi) is 5.56. The fourth-order valence-electron chi connectivity index (χ4n) is 2.06. The summed E-state index contributed by atoms with van der Waals surface area (Å²) in [4.78, 5) is 25.4. The highest BCUT2D eigenvalue weighted by atomic mass is 16.6. The summed E-state index contributed by atoms with van der Waals surface area (Å²) in [7, 11) is 1.29. The number of likely N-dealkylation sites (tertiary alicyclic amines) is 1. The molecule has 6 heteroatoms. The SMILES string of the molecule is C=CCOC1CCN(C(=O)OC(C)(C)C)C1C(=O)OC. The predicted molar refractivity (Wildman–Crippen MR) is 73.3 cm³/mol. The Morgan fingerprint density at radius 3 is 2.55 bits per heavy atom. The highest BCUT2D eigenvalue weighted by Gasteiger charge is 2.44. The Morgan fingerprint density at radius 1 is 1.40 bits per heavy atom. The molecule has 0 saturated carbocycles. The Balaban J connectivity index is 2.81. The highest BCUT2D eigenvalue weighted by Crippen LogP contribution is 2.24. The number of methoxy groups -OCH3 is 1. The molecule has 0 aromatic heterocycles. The maximum absolute atomic E-state index is 12.1. The van der Waals surface area contributed by atoms with E-state index in [4.69, 9.17) is 14.2 Å². The largest absolute Gasteiger partial charge is 0.467 e. The van der Waals surface area contributed by atoms with Gasteiger partial charge in [0.2, 0.25) is 0 Å². The second-order valence-electron chi connectivity index (χ2n) is 5.59. The van der Waals surface area contributed by atoms with Gasteiger partial charge in [0.1, 0.15) is 5.60 Å². The fourth-order valence-corrected chi connectivity index (χ4v) is 2.06. The average molecular weight is 285 g/mol. The second kappa shape index (κ2) is 6.74. The molecule has 0 radical (unpaired) electrons. The lowest BCUT2D eigenvalue weighted by atomic mass is 10.1. The molecule has 0 bridgehead atoms. The zero-order valence-electron chi connectivity index (χ0n) is 12.5. The molecule has 1 aliphatic heterocycles. The molecule has 1 fully saturated rings. The summed E-state index contributed by atoms with van der Waals surface area (Å²) < 4.78 is 15.6. The van der Waals surface area contributed by atoms with E-state index in [0.717, 1.165) is 0 Å². The van der Waals surface area contributed by atoms with E-state index >= 15 is 0 Å². The van der Waals surface area contributed by atoms with Crippen molar-refractivity contribution in [2.45, 2.75) is 44.9 Å². The van der Waals surface area contributed by atoms with Gasteiger partial charge in [-0.05, 0) is 27.2 Å². The van der Waals surface area contributed by atoms with Gasteiger partial charge < -0.3 is 14.2 Å². The number of hydrogen-bond donors (Lipinski definition) is 0.